The lowest BCUT2D eigenvalue weighted by Crippen LogP contribution is -2.60. The monoisotopic (exact) mass is 417 g/mol. The SMILES string of the molecule is CN=C(NCC1(N2CCSCC2)CCCCC1)NC1CCN(CC(F)F)CC1. The molecule has 0 aromatic rings. The highest BCUT2D eigenvalue weighted by molar-refractivity contribution is 7.99. The molecule has 0 aromatic carbocycles. The van der Waals surface area contributed by atoms with E-state index in [0.29, 0.717) is 6.04 Å². The van der Waals surface area contributed by atoms with Crippen molar-refractivity contribution in [1.29, 1.82) is 0 Å². The molecule has 0 bridgehead atoms. The quantitative estimate of drug-likeness (QED) is 0.514. The van der Waals surface area contributed by atoms with Gasteiger partial charge in [0.1, 0.15) is 0 Å². The first-order valence-electron chi connectivity index (χ1n) is 10.9. The van der Waals surface area contributed by atoms with Gasteiger partial charge in [-0.2, -0.15) is 11.8 Å². The molecule has 3 fully saturated rings. The van der Waals surface area contributed by atoms with Crippen LogP contribution in [0, 0.1) is 0 Å². The topological polar surface area (TPSA) is 42.9 Å². The molecule has 5 nitrogen and oxygen atoms in total. The van der Waals surface area contributed by atoms with E-state index in [4.69, 9.17) is 0 Å². The largest absolute Gasteiger partial charge is 0.355 e. The third kappa shape index (κ3) is 6.20. The standard InChI is InChI=1S/C20H37F2N5S/c1-23-19(25-17-5-9-26(10-6-17)15-18(21)22)24-16-20(7-3-2-4-8-20)27-11-13-28-14-12-27/h17-18H,2-16H2,1H3,(H2,23,24,25). The number of nitrogens with zero attached hydrogens (tertiary/aromatic N) is 3. The number of piperidine rings is 1. The minimum absolute atomic E-state index is 0.101. The number of hydrogen-bond donors (Lipinski definition) is 2. The number of thioether (sulfide) groups is 1. The van der Waals surface area contributed by atoms with E-state index >= 15 is 0 Å². The summed E-state index contributed by atoms with van der Waals surface area (Å²) in [4.78, 5) is 9.04. The maximum Gasteiger partial charge on any atom is 0.251 e. The molecule has 2 aliphatic heterocycles. The summed E-state index contributed by atoms with van der Waals surface area (Å²) in [6.07, 6.45) is 6.08. The summed E-state index contributed by atoms with van der Waals surface area (Å²) >= 11 is 2.07. The van der Waals surface area contributed by atoms with Crippen LogP contribution in [-0.4, -0.2) is 91.6 Å². The van der Waals surface area contributed by atoms with Crippen molar-refractivity contribution in [1.82, 2.24) is 20.4 Å². The van der Waals surface area contributed by atoms with Crippen LogP contribution in [-0.2, 0) is 0 Å². The highest BCUT2D eigenvalue weighted by Gasteiger charge is 2.38. The van der Waals surface area contributed by atoms with Gasteiger partial charge in [0.05, 0.1) is 6.54 Å². The van der Waals surface area contributed by atoms with Gasteiger partial charge in [0, 0.05) is 62.9 Å². The molecule has 28 heavy (non-hydrogen) atoms. The summed E-state index contributed by atoms with van der Waals surface area (Å²) in [5.74, 6) is 3.35. The van der Waals surface area contributed by atoms with Crippen molar-refractivity contribution in [3.63, 3.8) is 0 Å². The minimum Gasteiger partial charge on any atom is -0.355 e. The summed E-state index contributed by atoms with van der Waals surface area (Å²) in [5.41, 5.74) is 0.261. The van der Waals surface area contributed by atoms with Gasteiger partial charge >= 0.3 is 0 Å². The molecule has 8 heteroatoms. The van der Waals surface area contributed by atoms with Crippen molar-refractivity contribution in [2.45, 2.75) is 63.0 Å². The average Bonchev–Trinajstić information content (AvgIpc) is 2.73. The zero-order chi connectivity index (χ0) is 19.8. The summed E-state index contributed by atoms with van der Waals surface area (Å²) in [5, 5.41) is 7.17. The predicted molar refractivity (Wildman–Crippen MR) is 115 cm³/mol. The Morgan fingerprint density at radius 1 is 1.11 bits per heavy atom. The van der Waals surface area contributed by atoms with Crippen molar-refractivity contribution in [3.05, 3.63) is 0 Å². The zero-order valence-electron chi connectivity index (χ0n) is 17.3. The summed E-state index contributed by atoms with van der Waals surface area (Å²) in [6, 6.07) is 0.314. The van der Waals surface area contributed by atoms with Crippen molar-refractivity contribution >= 4 is 17.7 Å². The Bertz CT molecular complexity index is 485. The van der Waals surface area contributed by atoms with Crippen molar-refractivity contribution in [2.75, 3.05) is 57.8 Å². The fourth-order valence-corrected chi connectivity index (χ4v) is 5.85. The van der Waals surface area contributed by atoms with E-state index < -0.39 is 6.43 Å². The highest BCUT2D eigenvalue weighted by atomic mass is 32.2. The molecule has 162 valence electrons. The smallest absolute Gasteiger partial charge is 0.251 e. The first kappa shape index (κ1) is 22.1. The normalized spacial score (nSPS) is 25.8. The third-order valence-electron chi connectivity index (χ3n) is 6.60. The van der Waals surface area contributed by atoms with E-state index in [0.717, 1.165) is 38.4 Å². The van der Waals surface area contributed by atoms with Gasteiger partial charge in [-0.1, -0.05) is 19.3 Å². The highest BCUT2D eigenvalue weighted by Crippen LogP contribution is 2.34. The van der Waals surface area contributed by atoms with Gasteiger partial charge < -0.3 is 10.6 Å². The maximum absolute atomic E-state index is 12.6. The molecule has 1 saturated carbocycles. The van der Waals surface area contributed by atoms with Crippen LogP contribution < -0.4 is 10.6 Å². The fraction of sp³-hybridized carbons (Fsp3) is 0.950. The molecule has 0 aromatic heterocycles. The zero-order valence-corrected chi connectivity index (χ0v) is 18.1. The van der Waals surface area contributed by atoms with Gasteiger partial charge in [-0.05, 0) is 25.7 Å². The number of alkyl halides is 2. The van der Waals surface area contributed by atoms with E-state index in [-0.39, 0.29) is 12.1 Å². The first-order chi connectivity index (χ1) is 13.6. The molecule has 1 aliphatic carbocycles. The van der Waals surface area contributed by atoms with Crippen LogP contribution in [0.3, 0.4) is 0 Å². The van der Waals surface area contributed by atoms with E-state index in [9.17, 15) is 8.78 Å². The van der Waals surface area contributed by atoms with Gasteiger partial charge in [-0.3, -0.25) is 14.8 Å². The van der Waals surface area contributed by atoms with Crippen molar-refractivity contribution < 1.29 is 8.78 Å². The second-order valence-electron chi connectivity index (χ2n) is 8.42. The number of hydrogen-bond acceptors (Lipinski definition) is 4. The van der Waals surface area contributed by atoms with Crippen molar-refractivity contribution in [3.8, 4) is 0 Å². The second-order valence-corrected chi connectivity index (χ2v) is 9.65. The molecule has 0 spiro atoms. The summed E-state index contributed by atoms with van der Waals surface area (Å²) in [6.45, 7) is 4.70. The van der Waals surface area contributed by atoms with Crippen LogP contribution in [0.4, 0.5) is 8.78 Å². The second kappa shape index (κ2) is 11.0. The number of guanidine groups is 1. The molecule has 0 amide bonds. The first-order valence-corrected chi connectivity index (χ1v) is 12.1. The molecule has 2 N–H and O–H groups in total. The molecule has 0 unspecified atom stereocenters. The lowest BCUT2D eigenvalue weighted by Gasteiger charge is -2.48. The Balaban J connectivity index is 1.49. The molecule has 3 rings (SSSR count). The molecule has 0 atom stereocenters. The van der Waals surface area contributed by atoms with Crippen molar-refractivity contribution in [2.24, 2.45) is 4.99 Å². The molecular weight excluding hydrogens is 380 g/mol. The van der Waals surface area contributed by atoms with Crippen LogP contribution in [0.2, 0.25) is 0 Å². The minimum atomic E-state index is -2.24. The summed E-state index contributed by atoms with van der Waals surface area (Å²) in [7, 11) is 1.83. The average molecular weight is 418 g/mol. The summed E-state index contributed by atoms with van der Waals surface area (Å²) < 4.78 is 25.1. The van der Waals surface area contributed by atoms with Crippen LogP contribution in [0.5, 0.6) is 0 Å². The number of rotatable bonds is 6. The maximum atomic E-state index is 12.6. The van der Waals surface area contributed by atoms with Crippen LogP contribution in [0.15, 0.2) is 4.99 Å². The number of aliphatic imine (C=N–C) groups is 1. The lowest BCUT2D eigenvalue weighted by atomic mass is 9.80. The van der Waals surface area contributed by atoms with E-state index in [1.54, 1.807) is 0 Å². The third-order valence-corrected chi connectivity index (χ3v) is 7.54. The van der Waals surface area contributed by atoms with Gasteiger partial charge in [0.15, 0.2) is 5.96 Å². The Labute approximate surface area is 173 Å². The van der Waals surface area contributed by atoms with Gasteiger partial charge in [0.2, 0.25) is 0 Å². The number of halogens is 2. The van der Waals surface area contributed by atoms with Gasteiger partial charge in [0.25, 0.3) is 6.43 Å². The van der Waals surface area contributed by atoms with Crippen LogP contribution >= 0.6 is 11.8 Å². The van der Waals surface area contributed by atoms with E-state index in [1.807, 2.05) is 11.9 Å². The van der Waals surface area contributed by atoms with Crippen LogP contribution in [0.1, 0.15) is 44.9 Å². The molecule has 2 heterocycles. The Morgan fingerprint density at radius 2 is 1.79 bits per heavy atom. The van der Waals surface area contributed by atoms with E-state index in [1.165, 1.54) is 56.7 Å². The Morgan fingerprint density at radius 3 is 2.39 bits per heavy atom. The molecule has 3 aliphatic rings. The van der Waals surface area contributed by atoms with Gasteiger partial charge in [-0.15, -0.1) is 0 Å². The Kier molecular flexibility index (Phi) is 8.66. The Hall–Kier alpha value is -0.600. The lowest BCUT2D eigenvalue weighted by molar-refractivity contribution is 0.0623. The molecular formula is C20H37F2N5S. The van der Waals surface area contributed by atoms with Gasteiger partial charge in [-0.25, -0.2) is 8.78 Å². The fourth-order valence-electron chi connectivity index (χ4n) is 4.94. The number of likely N-dealkylation sites (tertiary alicyclic amines) is 1. The van der Waals surface area contributed by atoms with Crippen LogP contribution in [0.25, 0.3) is 0 Å². The predicted octanol–water partition coefficient (Wildman–Crippen LogP) is 2.63. The molecule has 2 saturated heterocycles. The van der Waals surface area contributed by atoms with E-state index in [2.05, 4.69) is 32.3 Å². The number of nitrogens with one attached hydrogen (secondary N) is 2. The molecule has 0 radical (unpaired) electrons.